The van der Waals surface area contributed by atoms with Crippen LogP contribution in [0.2, 0.25) is 0 Å². The molecule has 3 heteroatoms. The standard InChI is InChI=1S/C16H27N3/c1-3-8-18-10-12-19(13-11-18)9-7-17-16-6-4-5-15(2)14-16/h4-6,14,17H,3,7-13H2,1-2H3. The lowest BCUT2D eigenvalue weighted by Crippen LogP contribution is -2.47. The Morgan fingerprint density at radius 3 is 2.37 bits per heavy atom. The van der Waals surface area contributed by atoms with Crippen LogP contribution in [0.5, 0.6) is 0 Å². The van der Waals surface area contributed by atoms with Gasteiger partial charge in [0.1, 0.15) is 0 Å². The van der Waals surface area contributed by atoms with E-state index in [2.05, 4.69) is 53.2 Å². The number of hydrogen-bond donors (Lipinski definition) is 1. The highest BCUT2D eigenvalue weighted by Gasteiger charge is 2.15. The number of hydrogen-bond acceptors (Lipinski definition) is 3. The zero-order chi connectivity index (χ0) is 13.5. The molecule has 0 bridgehead atoms. The topological polar surface area (TPSA) is 18.5 Å². The van der Waals surface area contributed by atoms with Crippen LogP contribution < -0.4 is 5.32 Å². The molecule has 1 fully saturated rings. The van der Waals surface area contributed by atoms with E-state index in [1.165, 1.54) is 50.4 Å². The van der Waals surface area contributed by atoms with Gasteiger partial charge in [-0.2, -0.15) is 0 Å². The van der Waals surface area contributed by atoms with Gasteiger partial charge in [-0.3, -0.25) is 4.90 Å². The third-order valence-corrected chi connectivity index (χ3v) is 3.78. The molecule has 0 radical (unpaired) electrons. The van der Waals surface area contributed by atoms with E-state index in [1.54, 1.807) is 0 Å². The van der Waals surface area contributed by atoms with Gasteiger partial charge in [0, 0.05) is 45.0 Å². The molecule has 1 N–H and O–H groups in total. The Morgan fingerprint density at radius 1 is 1.05 bits per heavy atom. The molecule has 0 aliphatic carbocycles. The average molecular weight is 261 g/mol. The molecule has 1 aromatic rings. The molecule has 1 saturated heterocycles. The predicted molar refractivity (Wildman–Crippen MR) is 82.8 cm³/mol. The van der Waals surface area contributed by atoms with Crippen LogP contribution in [0.4, 0.5) is 5.69 Å². The fourth-order valence-corrected chi connectivity index (χ4v) is 2.67. The van der Waals surface area contributed by atoms with Gasteiger partial charge in [0.05, 0.1) is 0 Å². The fourth-order valence-electron chi connectivity index (χ4n) is 2.67. The monoisotopic (exact) mass is 261 g/mol. The molecule has 0 aromatic heterocycles. The molecule has 1 heterocycles. The minimum Gasteiger partial charge on any atom is -0.384 e. The van der Waals surface area contributed by atoms with Gasteiger partial charge < -0.3 is 10.2 Å². The Labute approximate surface area is 117 Å². The molecule has 0 spiro atoms. The summed E-state index contributed by atoms with van der Waals surface area (Å²) in [5.41, 5.74) is 2.56. The molecule has 3 nitrogen and oxygen atoms in total. The first-order chi connectivity index (χ1) is 9.28. The van der Waals surface area contributed by atoms with E-state index in [4.69, 9.17) is 0 Å². The summed E-state index contributed by atoms with van der Waals surface area (Å²) in [4.78, 5) is 5.14. The summed E-state index contributed by atoms with van der Waals surface area (Å²) in [5.74, 6) is 0. The second kappa shape index (κ2) is 7.51. The summed E-state index contributed by atoms with van der Waals surface area (Å²) in [6, 6.07) is 8.60. The van der Waals surface area contributed by atoms with E-state index in [1.807, 2.05) is 0 Å². The van der Waals surface area contributed by atoms with Crippen LogP contribution in [0, 0.1) is 6.92 Å². The van der Waals surface area contributed by atoms with Crippen molar-refractivity contribution in [1.29, 1.82) is 0 Å². The van der Waals surface area contributed by atoms with E-state index < -0.39 is 0 Å². The lowest BCUT2D eigenvalue weighted by molar-refractivity contribution is 0.136. The highest BCUT2D eigenvalue weighted by molar-refractivity contribution is 5.45. The van der Waals surface area contributed by atoms with Crippen molar-refractivity contribution in [3.8, 4) is 0 Å². The lowest BCUT2D eigenvalue weighted by atomic mass is 10.2. The summed E-state index contributed by atoms with van der Waals surface area (Å²) in [6.07, 6.45) is 1.27. The van der Waals surface area contributed by atoms with Gasteiger partial charge in [-0.15, -0.1) is 0 Å². The number of nitrogens with zero attached hydrogens (tertiary/aromatic N) is 2. The molecule has 19 heavy (non-hydrogen) atoms. The van der Waals surface area contributed by atoms with Crippen LogP contribution in [-0.2, 0) is 0 Å². The van der Waals surface area contributed by atoms with Gasteiger partial charge in [-0.1, -0.05) is 19.1 Å². The molecular formula is C16H27N3. The fraction of sp³-hybridized carbons (Fsp3) is 0.625. The maximum Gasteiger partial charge on any atom is 0.0343 e. The first kappa shape index (κ1) is 14.4. The Kier molecular flexibility index (Phi) is 5.67. The summed E-state index contributed by atoms with van der Waals surface area (Å²) in [6.45, 7) is 12.7. The van der Waals surface area contributed by atoms with Gasteiger partial charge in [0.2, 0.25) is 0 Å². The predicted octanol–water partition coefficient (Wildman–Crippen LogP) is 2.43. The van der Waals surface area contributed by atoms with Crippen molar-refractivity contribution in [2.24, 2.45) is 0 Å². The van der Waals surface area contributed by atoms with Gasteiger partial charge in [0.25, 0.3) is 0 Å². The molecular weight excluding hydrogens is 234 g/mol. The molecule has 0 amide bonds. The van der Waals surface area contributed by atoms with E-state index >= 15 is 0 Å². The van der Waals surface area contributed by atoms with Crippen LogP contribution in [-0.4, -0.2) is 55.6 Å². The third-order valence-electron chi connectivity index (χ3n) is 3.78. The first-order valence-corrected chi connectivity index (χ1v) is 7.53. The second-order valence-electron chi connectivity index (χ2n) is 5.48. The Bertz CT molecular complexity index is 370. The Morgan fingerprint density at radius 2 is 1.74 bits per heavy atom. The lowest BCUT2D eigenvalue weighted by Gasteiger charge is -2.34. The van der Waals surface area contributed by atoms with E-state index in [0.717, 1.165) is 13.1 Å². The van der Waals surface area contributed by atoms with Crippen LogP contribution in [0.15, 0.2) is 24.3 Å². The zero-order valence-electron chi connectivity index (χ0n) is 12.4. The SMILES string of the molecule is CCCN1CCN(CCNc2cccc(C)c2)CC1. The van der Waals surface area contributed by atoms with Crippen molar-refractivity contribution >= 4 is 5.69 Å². The maximum absolute atomic E-state index is 3.51. The van der Waals surface area contributed by atoms with Crippen molar-refractivity contribution in [1.82, 2.24) is 9.80 Å². The molecule has 1 aromatic carbocycles. The quantitative estimate of drug-likeness (QED) is 0.848. The van der Waals surface area contributed by atoms with E-state index in [9.17, 15) is 0 Å². The molecule has 1 aliphatic rings. The highest BCUT2D eigenvalue weighted by Crippen LogP contribution is 2.09. The average Bonchev–Trinajstić information content (AvgIpc) is 2.41. The highest BCUT2D eigenvalue weighted by atomic mass is 15.3. The summed E-state index contributed by atoms with van der Waals surface area (Å²) in [7, 11) is 0. The van der Waals surface area contributed by atoms with E-state index in [-0.39, 0.29) is 0 Å². The molecule has 0 unspecified atom stereocenters. The number of aryl methyl sites for hydroxylation is 1. The maximum atomic E-state index is 3.51. The van der Waals surface area contributed by atoms with Gasteiger partial charge in [-0.25, -0.2) is 0 Å². The summed E-state index contributed by atoms with van der Waals surface area (Å²) < 4.78 is 0. The summed E-state index contributed by atoms with van der Waals surface area (Å²) in [5, 5.41) is 3.51. The smallest absolute Gasteiger partial charge is 0.0343 e. The Hall–Kier alpha value is -1.06. The van der Waals surface area contributed by atoms with Crippen molar-refractivity contribution in [3.05, 3.63) is 29.8 Å². The van der Waals surface area contributed by atoms with Crippen LogP contribution in [0.1, 0.15) is 18.9 Å². The van der Waals surface area contributed by atoms with Gasteiger partial charge in [0.15, 0.2) is 0 Å². The van der Waals surface area contributed by atoms with Gasteiger partial charge in [-0.05, 0) is 37.6 Å². The minimum absolute atomic E-state index is 1.04. The Balaban J connectivity index is 1.64. The van der Waals surface area contributed by atoms with Crippen molar-refractivity contribution in [3.63, 3.8) is 0 Å². The largest absolute Gasteiger partial charge is 0.384 e. The van der Waals surface area contributed by atoms with Crippen LogP contribution in [0.3, 0.4) is 0 Å². The second-order valence-corrected chi connectivity index (χ2v) is 5.48. The number of nitrogens with one attached hydrogen (secondary N) is 1. The van der Waals surface area contributed by atoms with Crippen LogP contribution >= 0.6 is 0 Å². The number of benzene rings is 1. The summed E-state index contributed by atoms with van der Waals surface area (Å²) >= 11 is 0. The number of anilines is 1. The first-order valence-electron chi connectivity index (χ1n) is 7.53. The normalized spacial score (nSPS) is 17.6. The third kappa shape index (κ3) is 4.84. The molecule has 2 rings (SSSR count). The molecule has 106 valence electrons. The number of piperazine rings is 1. The molecule has 0 saturated carbocycles. The zero-order valence-corrected chi connectivity index (χ0v) is 12.4. The molecule has 1 aliphatic heterocycles. The van der Waals surface area contributed by atoms with Gasteiger partial charge >= 0.3 is 0 Å². The van der Waals surface area contributed by atoms with Crippen LogP contribution in [0.25, 0.3) is 0 Å². The molecule has 0 atom stereocenters. The van der Waals surface area contributed by atoms with Crippen molar-refractivity contribution in [2.45, 2.75) is 20.3 Å². The minimum atomic E-state index is 1.04. The van der Waals surface area contributed by atoms with E-state index in [0.29, 0.717) is 0 Å². The van der Waals surface area contributed by atoms with Crippen molar-refractivity contribution < 1.29 is 0 Å². The number of rotatable bonds is 6. The van der Waals surface area contributed by atoms with Crippen molar-refractivity contribution in [2.75, 3.05) is 51.1 Å².